The van der Waals surface area contributed by atoms with E-state index in [1.54, 1.807) is 12.1 Å². The minimum atomic E-state index is -0.206. The van der Waals surface area contributed by atoms with Crippen molar-refractivity contribution in [1.29, 1.82) is 0 Å². The Bertz CT molecular complexity index is 376. The second-order valence-electron chi connectivity index (χ2n) is 4.91. The van der Waals surface area contributed by atoms with Crippen LogP contribution in [0.3, 0.4) is 0 Å². The molecule has 2 N–H and O–H groups in total. The molecular formula is C14H20FNO. The van der Waals surface area contributed by atoms with E-state index in [9.17, 15) is 4.39 Å². The van der Waals surface area contributed by atoms with Gasteiger partial charge in [0.25, 0.3) is 0 Å². The Kier molecular flexibility index (Phi) is 4.00. The highest BCUT2D eigenvalue weighted by Crippen LogP contribution is 2.33. The van der Waals surface area contributed by atoms with E-state index in [0.29, 0.717) is 12.5 Å². The molecule has 3 heteroatoms. The molecule has 0 saturated heterocycles. The van der Waals surface area contributed by atoms with Gasteiger partial charge in [0.2, 0.25) is 0 Å². The summed E-state index contributed by atoms with van der Waals surface area (Å²) in [6, 6.07) is 4.77. The molecule has 0 amide bonds. The molecule has 2 rings (SSSR count). The quantitative estimate of drug-likeness (QED) is 0.825. The highest BCUT2D eigenvalue weighted by atomic mass is 19.1. The van der Waals surface area contributed by atoms with Gasteiger partial charge in [0.1, 0.15) is 11.6 Å². The SMILES string of the molecule is CC(CCN)c1cc(F)ccc1OCC1CC1. The molecule has 0 aromatic heterocycles. The van der Waals surface area contributed by atoms with Crippen LogP contribution in [-0.2, 0) is 0 Å². The van der Waals surface area contributed by atoms with Gasteiger partial charge in [-0.25, -0.2) is 4.39 Å². The standard InChI is InChI=1S/C14H20FNO/c1-10(6-7-16)13-8-12(15)4-5-14(13)17-9-11-2-3-11/h4-5,8,10-11H,2-3,6-7,9,16H2,1H3. The van der Waals surface area contributed by atoms with E-state index in [0.717, 1.165) is 24.3 Å². The zero-order chi connectivity index (χ0) is 12.3. The molecule has 94 valence electrons. The number of nitrogens with two attached hydrogens (primary N) is 1. The van der Waals surface area contributed by atoms with E-state index in [1.807, 2.05) is 0 Å². The van der Waals surface area contributed by atoms with Gasteiger partial charge < -0.3 is 10.5 Å². The number of ether oxygens (including phenoxy) is 1. The Morgan fingerprint density at radius 3 is 2.88 bits per heavy atom. The first-order valence-electron chi connectivity index (χ1n) is 6.33. The zero-order valence-corrected chi connectivity index (χ0v) is 10.3. The lowest BCUT2D eigenvalue weighted by atomic mass is 9.97. The highest BCUT2D eigenvalue weighted by Gasteiger charge is 2.23. The molecule has 1 aliphatic carbocycles. The van der Waals surface area contributed by atoms with E-state index in [1.165, 1.54) is 18.9 Å². The van der Waals surface area contributed by atoms with Crippen molar-refractivity contribution in [2.75, 3.05) is 13.2 Å². The lowest BCUT2D eigenvalue weighted by Gasteiger charge is -2.16. The summed E-state index contributed by atoms with van der Waals surface area (Å²) in [7, 11) is 0. The molecule has 1 saturated carbocycles. The summed E-state index contributed by atoms with van der Waals surface area (Å²) in [5.41, 5.74) is 6.49. The molecule has 1 fully saturated rings. The average molecular weight is 237 g/mol. The maximum absolute atomic E-state index is 13.3. The van der Waals surface area contributed by atoms with Crippen LogP contribution in [0.2, 0.25) is 0 Å². The molecule has 17 heavy (non-hydrogen) atoms. The third-order valence-corrected chi connectivity index (χ3v) is 3.27. The maximum atomic E-state index is 13.3. The average Bonchev–Trinajstić information content (AvgIpc) is 3.11. The predicted molar refractivity (Wildman–Crippen MR) is 66.7 cm³/mol. The minimum absolute atomic E-state index is 0.206. The predicted octanol–water partition coefficient (Wildman–Crippen LogP) is 3.07. The van der Waals surface area contributed by atoms with Crippen molar-refractivity contribution in [3.8, 4) is 5.75 Å². The van der Waals surface area contributed by atoms with Gasteiger partial charge in [0.15, 0.2) is 0 Å². The molecule has 0 bridgehead atoms. The fourth-order valence-corrected chi connectivity index (χ4v) is 1.93. The Hall–Kier alpha value is -1.09. The first-order valence-corrected chi connectivity index (χ1v) is 6.33. The van der Waals surface area contributed by atoms with E-state index in [-0.39, 0.29) is 11.7 Å². The number of hydrogen-bond donors (Lipinski definition) is 1. The van der Waals surface area contributed by atoms with Crippen molar-refractivity contribution in [2.45, 2.75) is 32.1 Å². The van der Waals surface area contributed by atoms with Gasteiger partial charge in [-0.2, -0.15) is 0 Å². The first kappa shape index (κ1) is 12.4. The zero-order valence-electron chi connectivity index (χ0n) is 10.3. The normalized spacial score (nSPS) is 16.9. The van der Waals surface area contributed by atoms with Crippen molar-refractivity contribution in [3.63, 3.8) is 0 Å². The molecule has 1 aliphatic rings. The van der Waals surface area contributed by atoms with Gasteiger partial charge in [-0.1, -0.05) is 6.92 Å². The molecule has 0 heterocycles. The van der Waals surface area contributed by atoms with E-state index < -0.39 is 0 Å². The first-order chi connectivity index (χ1) is 8.20. The Balaban J connectivity index is 2.10. The summed E-state index contributed by atoms with van der Waals surface area (Å²) < 4.78 is 19.0. The monoisotopic (exact) mass is 237 g/mol. The van der Waals surface area contributed by atoms with Crippen LogP contribution in [0.25, 0.3) is 0 Å². The van der Waals surface area contributed by atoms with Crippen LogP contribution in [0.4, 0.5) is 4.39 Å². The third-order valence-electron chi connectivity index (χ3n) is 3.27. The van der Waals surface area contributed by atoms with Crippen LogP contribution in [-0.4, -0.2) is 13.2 Å². The molecule has 0 spiro atoms. The Morgan fingerprint density at radius 2 is 2.24 bits per heavy atom. The summed E-state index contributed by atoms with van der Waals surface area (Å²) in [5, 5.41) is 0. The fourth-order valence-electron chi connectivity index (χ4n) is 1.93. The Morgan fingerprint density at radius 1 is 1.47 bits per heavy atom. The number of benzene rings is 1. The third kappa shape index (κ3) is 3.43. The van der Waals surface area contributed by atoms with Crippen molar-refractivity contribution >= 4 is 0 Å². The lowest BCUT2D eigenvalue weighted by Crippen LogP contribution is -2.08. The maximum Gasteiger partial charge on any atom is 0.123 e. The largest absolute Gasteiger partial charge is 0.493 e. The van der Waals surface area contributed by atoms with Gasteiger partial charge in [0, 0.05) is 0 Å². The molecule has 0 aliphatic heterocycles. The van der Waals surface area contributed by atoms with Crippen molar-refractivity contribution in [1.82, 2.24) is 0 Å². The smallest absolute Gasteiger partial charge is 0.123 e. The van der Waals surface area contributed by atoms with E-state index in [4.69, 9.17) is 10.5 Å². The van der Waals surface area contributed by atoms with Gasteiger partial charge >= 0.3 is 0 Å². The Labute approximate surface area is 102 Å². The lowest BCUT2D eigenvalue weighted by molar-refractivity contribution is 0.294. The van der Waals surface area contributed by atoms with Gasteiger partial charge in [-0.05, 0) is 61.4 Å². The number of halogens is 1. The van der Waals surface area contributed by atoms with Gasteiger partial charge in [-0.3, -0.25) is 0 Å². The molecule has 1 aromatic carbocycles. The summed E-state index contributed by atoms with van der Waals surface area (Å²) >= 11 is 0. The minimum Gasteiger partial charge on any atom is -0.493 e. The van der Waals surface area contributed by atoms with Crippen LogP contribution < -0.4 is 10.5 Å². The van der Waals surface area contributed by atoms with Crippen molar-refractivity contribution in [2.24, 2.45) is 11.7 Å². The summed E-state index contributed by atoms with van der Waals surface area (Å²) in [6.07, 6.45) is 3.37. The highest BCUT2D eigenvalue weighted by molar-refractivity contribution is 5.36. The second kappa shape index (κ2) is 5.50. The van der Waals surface area contributed by atoms with Crippen LogP contribution in [0.5, 0.6) is 5.75 Å². The second-order valence-corrected chi connectivity index (χ2v) is 4.91. The summed E-state index contributed by atoms with van der Waals surface area (Å²) in [5.74, 6) is 1.56. The fraction of sp³-hybridized carbons (Fsp3) is 0.571. The van der Waals surface area contributed by atoms with Crippen LogP contribution in [0.1, 0.15) is 37.7 Å². The summed E-state index contributed by atoms with van der Waals surface area (Å²) in [4.78, 5) is 0. The summed E-state index contributed by atoms with van der Waals surface area (Å²) in [6.45, 7) is 3.43. The number of hydrogen-bond acceptors (Lipinski definition) is 2. The van der Waals surface area contributed by atoms with Crippen LogP contribution in [0, 0.1) is 11.7 Å². The van der Waals surface area contributed by atoms with Crippen LogP contribution >= 0.6 is 0 Å². The molecule has 1 atom stereocenters. The van der Waals surface area contributed by atoms with Gasteiger partial charge in [-0.15, -0.1) is 0 Å². The van der Waals surface area contributed by atoms with Crippen LogP contribution in [0.15, 0.2) is 18.2 Å². The molecule has 0 radical (unpaired) electrons. The molecular weight excluding hydrogens is 217 g/mol. The number of rotatable bonds is 6. The molecule has 2 nitrogen and oxygen atoms in total. The van der Waals surface area contributed by atoms with E-state index >= 15 is 0 Å². The molecule has 1 unspecified atom stereocenters. The molecule has 1 aromatic rings. The van der Waals surface area contributed by atoms with Crippen molar-refractivity contribution < 1.29 is 9.13 Å². The van der Waals surface area contributed by atoms with E-state index in [2.05, 4.69) is 6.92 Å². The topological polar surface area (TPSA) is 35.2 Å². The van der Waals surface area contributed by atoms with Gasteiger partial charge in [0.05, 0.1) is 6.61 Å². The van der Waals surface area contributed by atoms with Crippen molar-refractivity contribution in [3.05, 3.63) is 29.6 Å².